The van der Waals surface area contributed by atoms with Crippen LogP contribution < -0.4 is 0 Å². The Hall–Kier alpha value is -7.56. The molecular weight excluding hydrogens is 683 g/mol. The molecule has 12 rings (SSSR count). The van der Waals surface area contributed by atoms with Crippen LogP contribution in [0.3, 0.4) is 0 Å². The van der Waals surface area contributed by atoms with Gasteiger partial charge in [0.05, 0.1) is 16.7 Å². The van der Waals surface area contributed by atoms with Gasteiger partial charge in [-0.2, -0.15) is 0 Å². The van der Waals surface area contributed by atoms with E-state index in [1.807, 2.05) is 18.2 Å². The highest BCUT2D eigenvalue weighted by molar-refractivity contribution is 6.33. The van der Waals surface area contributed by atoms with Crippen LogP contribution in [-0.4, -0.2) is 14.5 Å². The second kappa shape index (κ2) is 12.0. The van der Waals surface area contributed by atoms with Crippen molar-refractivity contribution in [2.45, 2.75) is 0 Å². The van der Waals surface area contributed by atoms with Crippen LogP contribution in [0.4, 0.5) is 0 Å². The number of para-hydroxylation sites is 2. The van der Waals surface area contributed by atoms with Gasteiger partial charge in [-0.3, -0.25) is 4.57 Å². The molecule has 9 aromatic carbocycles. The Morgan fingerprint density at radius 3 is 1.61 bits per heavy atom. The average Bonchev–Trinajstić information content (AvgIpc) is 3.82. The quantitative estimate of drug-likeness (QED) is 0.167. The van der Waals surface area contributed by atoms with Crippen molar-refractivity contribution in [3.63, 3.8) is 0 Å². The molecule has 0 amide bonds. The maximum Gasteiger partial charge on any atom is 0.162 e. The summed E-state index contributed by atoms with van der Waals surface area (Å²) in [7, 11) is 0. The van der Waals surface area contributed by atoms with Gasteiger partial charge in [0.15, 0.2) is 5.82 Å². The molecule has 0 saturated heterocycles. The first-order chi connectivity index (χ1) is 27.7. The molecule has 4 heteroatoms. The molecule has 0 spiro atoms. The molecular formula is C52H31N3O. The van der Waals surface area contributed by atoms with Crippen LogP contribution in [0.2, 0.25) is 0 Å². The Bertz CT molecular complexity index is 3430. The third kappa shape index (κ3) is 4.66. The third-order valence-corrected chi connectivity index (χ3v) is 11.3. The lowest BCUT2D eigenvalue weighted by atomic mass is 9.91. The van der Waals surface area contributed by atoms with Crippen molar-refractivity contribution in [2.75, 3.05) is 0 Å². The van der Waals surface area contributed by atoms with Crippen LogP contribution in [0.25, 0.3) is 116 Å². The van der Waals surface area contributed by atoms with Gasteiger partial charge in [0.1, 0.15) is 17.0 Å². The first-order valence-corrected chi connectivity index (χ1v) is 19.0. The SMILES string of the molecule is c1ccc(-c2nc(-c3cccc(-c4cccc(-c5cc6oc7cccc8c9ccccc9c(c5)c6c78)c4)c3)cc(-n3c4ccccc4c4ccccc43)n2)cc1. The lowest BCUT2D eigenvalue weighted by molar-refractivity contribution is 0.669. The Morgan fingerprint density at radius 1 is 0.339 bits per heavy atom. The number of rotatable bonds is 5. The van der Waals surface area contributed by atoms with Crippen LogP contribution in [-0.2, 0) is 0 Å². The van der Waals surface area contributed by atoms with Gasteiger partial charge in [0, 0.05) is 38.7 Å². The van der Waals surface area contributed by atoms with Crippen LogP contribution in [0.1, 0.15) is 0 Å². The van der Waals surface area contributed by atoms with Crippen molar-refractivity contribution in [3.05, 3.63) is 188 Å². The van der Waals surface area contributed by atoms with E-state index >= 15 is 0 Å². The van der Waals surface area contributed by atoms with Crippen LogP contribution in [0.15, 0.2) is 192 Å². The second-order valence-electron chi connectivity index (χ2n) is 14.6. The van der Waals surface area contributed by atoms with E-state index in [0.29, 0.717) is 5.82 Å². The minimum atomic E-state index is 0.686. The third-order valence-electron chi connectivity index (χ3n) is 11.3. The van der Waals surface area contributed by atoms with Gasteiger partial charge in [-0.25, -0.2) is 9.97 Å². The first kappa shape index (κ1) is 30.9. The maximum atomic E-state index is 6.54. The van der Waals surface area contributed by atoms with Crippen molar-refractivity contribution in [2.24, 2.45) is 0 Å². The van der Waals surface area contributed by atoms with Gasteiger partial charge in [0.25, 0.3) is 0 Å². The monoisotopic (exact) mass is 713 g/mol. The summed E-state index contributed by atoms with van der Waals surface area (Å²) in [6, 6.07) is 66.6. The van der Waals surface area contributed by atoms with E-state index in [2.05, 4.69) is 174 Å². The van der Waals surface area contributed by atoms with Crippen molar-refractivity contribution < 1.29 is 4.42 Å². The smallest absolute Gasteiger partial charge is 0.162 e. The van der Waals surface area contributed by atoms with Crippen molar-refractivity contribution >= 4 is 65.3 Å². The molecule has 0 aliphatic carbocycles. The van der Waals surface area contributed by atoms with Gasteiger partial charge < -0.3 is 4.42 Å². The number of hydrogen-bond acceptors (Lipinski definition) is 3. The predicted molar refractivity (Wildman–Crippen MR) is 232 cm³/mol. The number of hydrogen-bond donors (Lipinski definition) is 0. The zero-order chi connectivity index (χ0) is 36.7. The minimum absolute atomic E-state index is 0.686. The summed E-state index contributed by atoms with van der Waals surface area (Å²) >= 11 is 0. The van der Waals surface area contributed by atoms with Gasteiger partial charge in [-0.15, -0.1) is 0 Å². The fraction of sp³-hybridized carbons (Fsp3) is 0. The number of aromatic nitrogens is 3. The molecule has 0 aliphatic heterocycles. The summed E-state index contributed by atoms with van der Waals surface area (Å²) < 4.78 is 8.80. The molecule has 260 valence electrons. The lowest BCUT2D eigenvalue weighted by Crippen LogP contribution is -2.02. The standard InChI is InChI=1S/C52H31N3O/c1-2-13-32(14-3-1)52-53-44(31-49(54-52)55-45-24-8-6-21-40(45)41-22-7-9-25-46(41)55)36-18-11-16-34(28-36)33-15-10-17-35(27-33)37-29-43-39-20-5-4-19-38(39)42-23-12-26-47-50(42)51(43)48(30-37)56-47/h1-31H. The van der Waals surface area contributed by atoms with E-state index in [1.165, 1.54) is 43.1 Å². The normalized spacial score (nSPS) is 11.9. The number of nitrogens with zero attached hydrogens (tertiary/aromatic N) is 3. The molecule has 3 aromatic heterocycles. The Balaban J connectivity index is 1.01. The zero-order valence-corrected chi connectivity index (χ0v) is 30.1. The lowest BCUT2D eigenvalue weighted by Gasteiger charge is -2.13. The summed E-state index contributed by atoms with van der Waals surface area (Å²) in [6.07, 6.45) is 0. The predicted octanol–water partition coefficient (Wildman–Crippen LogP) is 13.9. The van der Waals surface area contributed by atoms with Crippen molar-refractivity contribution in [1.29, 1.82) is 0 Å². The van der Waals surface area contributed by atoms with E-state index < -0.39 is 0 Å². The molecule has 4 nitrogen and oxygen atoms in total. The highest BCUT2D eigenvalue weighted by Crippen LogP contribution is 2.44. The largest absolute Gasteiger partial charge is 0.456 e. The molecule has 0 N–H and O–H groups in total. The molecule has 12 aromatic rings. The summed E-state index contributed by atoms with van der Waals surface area (Å²) in [6.45, 7) is 0. The molecule has 56 heavy (non-hydrogen) atoms. The van der Waals surface area contributed by atoms with E-state index in [1.54, 1.807) is 0 Å². The number of fused-ring (bicyclic) bond motifs is 6. The Labute approximate surface area is 321 Å². The van der Waals surface area contributed by atoms with Gasteiger partial charge in [-0.05, 0) is 86.3 Å². The molecule has 0 aliphatic rings. The van der Waals surface area contributed by atoms with Gasteiger partial charge in [-0.1, -0.05) is 140 Å². The fourth-order valence-electron chi connectivity index (χ4n) is 8.82. The van der Waals surface area contributed by atoms with Crippen LogP contribution >= 0.6 is 0 Å². The molecule has 3 heterocycles. The molecule has 0 radical (unpaired) electrons. The van der Waals surface area contributed by atoms with E-state index in [4.69, 9.17) is 14.4 Å². The molecule has 0 fully saturated rings. The summed E-state index contributed by atoms with van der Waals surface area (Å²) in [4.78, 5) is 10.4. The summed E-state index contributed by atoms with van der Waals surface area (Å²) in [5.41, 5.74) is 11.4. The van der Waals surface area contributed by atoms with Crippen molar-refractivity contribution in [3.8, 4) is 50.7 Å². The topological polar surface area (TPSA) is 43.9 Å². The van der Waals surface area contributed by atoms with Crippen LogP contribution in [0, 0.1) is 0 Å². The van der Waals surface area contributed by atoms with Crippen LogP contribution in [0.5, 0.6) is 0 Å². The maximum absolute atomic E-state index is 6.54. The van der Waals surface area contributed by atoms with Gasteiger partial charge >= 0.3 is 0 Å². The second-order valence-corrected chi connectivity index (χ2v) is 14.6. The first-order valence-electron chi connectivity index (χ1n) is 19.0. The van der Waals surface area contributed by atoms with E-state index in [-0.39, 0.29) is 0 Å². The highest BCUT2D eigenvalue weighted by Gasteiger charge is 2.19. The van der Waals surface area contributed by atoms with E-state index in [9.17, 15) is 0 Å². The fourth-order valence-corrected chi connectivity index (χ4v) is 8.82. The molecule has 0 unspecified atom stereocenters. The molecule has 0 saturated carbocycles. The number of furan rings is 1. The average molecular weight is 714 g/mol. The van der Waals surface area contributed by atoms with E-state index in [0.717, 1.165) is 67.1 Å². The van der Waals surface area contributed by atoms with Crippen molar-refractivity contribution in [1.82, 2.24) is 14.5 Å². The minimum Gasteiger partial charge on any atom is -0.456 e. The van der Waals surface area contributed by atoms with Gasteiger partial charge in [0.2, 0.25) is 0 Å². The Kier molecular flexibility index (Phi) is 6.60. The molecule has 0 bridgehead atoms. The highest BCUT2D eigenvalue weighted by atomic mass is 16.3. The molecule has 0 atom stereocenters. The Morgan fingerprint density at radius 2 is 0.875 bits per heavy atom. The summed E-state index contributed by atoms with van der Waals surface area (Å²) in [5, 5.41) is 9.74. The zero-order valence-electron chi connectivity index (χ0n) is 30.1. The number of benzene rings is 9. The summed E-state index contributed by atoms with van der Waals surface area (Å²) in [5.74, 6) is 1.52.